The Hall–Kier alpha value is -2.43. The number of aromatic nitrogens is 2. The van der Waals surface area contributed by atoms with Gasteiger partial charge in [0.1, 0.15) is 6.10 Å². The summed E-state index contributed by atoms with van der Waals surface area (Å²) in [4.78, 5) is 2.15. The first kappa shape index (κ1) is 18.4. The van der Waals surface area contributed by atoms with E-state index >= 15 is 0 Å². The third-order valence-electron chi connectivity index (χ3n) is 4.42. The van der Waals surface area contributed by atoms with Crippen LogP contribution in [0.2, 0.25) is 0 Å². The number of para-hydroxylation sites is 1. The van der Waals surface area contributed by atoms with Crippen LogP contribution in [0, 0.1) is 6.92 Å². The molecule has 0 radical (unpaired) electrons. The van der Waals surface area contributed by atoms with Gasteiger partial charge in [-0.05, 0) is 45.6 Å². The first-order chi connectivity index (χ1) is 12.6. The maximum absolute atomic E-state index is 6.47. The molecule has 136 valence electrons. The van der Waals surface area contributed by atoms with Crippen molar-refractivity contribution in [2.45, 2.75) is 26.1 Å². The largest absolute Gasteiger partial charge is 0.364 e. The van der Waals surface area contributed by atoms with Gasteiger partial charge in [0.2, 0.25) is 0 Å². The van der Waals surface area contributed by atoms with Crippen molar-refractivity contribution >= 4 is 0 Å². The lowest BCUT2D eigenvalue weighted by Crippen LogP contribution is -2.27. The van der Waals surface area contributed by atoms with Crippen LogP contribution < -0.4 is 0 Å². The molecule has 3 rings (SSSR count). The van der Waals surface area contributed by atoms with Gasteiger partial charge in [0.05, 0.1) is 18.0 Å². The Bertz CT molecular complexity index is 812. The average Bonchev–Trinajstić information content (AvgIpc) is 3.02. The van der Waals surface area contributed by atoms with Crippen LogP contribution in [0.1, 0.15) is 29.8 Å². The summed E-state index contributed by atoms with van der Waals surface area (Å²) in [5.41, 5.74) is 4.41. The van der Waals surface area contributed by atoms with Gasteiger partial charge in [0, 0.05) is 17.8 Å². The van der Waals surface area contributed by atoms with Crippen molar-refractivity contribution in [1.82, 2.24) is 14.7 Å². The Morgan fingerprint density at radius 1 is 1.00 bits per heavy atom. The fraction of sp³-hybridized carbons (Fsp3) is 0.318. The first-order valence-electron chi connectivity index (χ1n) is 9.01. The molecule has 26 heavy (non-hydrogen) atoms. The Balaban J connectivity index is 1.96. The molecule has 0 bridgehead atoms. The number of likely N-dealkylation sites (N-methyl/N-ethyl adjacent to an activating group) is 1. The van der Waals surface area contributed by atoms with E-state index < -0.39 is 0 Å². The van der Waals surface area contributed by atoms with E-state index in [1.807, 2.05) is 35.1 Å². The van der Waals surface area contributed by atoms with Gasteiger partial charge >= 0.3 is 0 Å². The number of ether oxygens (including phenoxy) is 1. The van der Waals surface area contributed by atoms with Gasteiger partial charge in [-0.15, -0.1) is 0 Å². The molecule has 0 N–H and O–H groups in total. The summed E-state index contributed by atoms with van der Waals surface area (Å²) in [5, 5.41) is 4.63. The highest BCUT2D eigenvalue weighted by Crippen LogP contribution is 2.30. The van der Waals surface area contributed by atoms with Crippen molar-refractivity contribution in [3.05, 3.63) is 83.7 Å². The van der Waals surface area contributed by atoms with Gasteiger partial charge in [-0.1, -0.05) is 48.5 Å². The molecule has 2 atom stereocenters. The first-order valence-corrected chi connectivity index (χ1v) is 9.01. The van der Waals surface area contributed by atoms with Gasteiger partial charge in [0.25, 0.3) is 0 Å². The number of benzene rings is 2. The molecule has 0 aliphatic carbocycles. The molecule has 1 aromatic heterocycles. The number of hydrogen-bond donors (Lipinski definition) is 0. The van der Waals surface area contributed by atoms with Crippen LogP contribution in [0.5, 0.6) is 0 Å². The zero-order valence-electron chi connectivity index (χ0n) is 16.0. The van der Waals surface area contributed by atoms with E-state index in [0.717, 1.165) is 29.1 Å². The van der Waals surface area contributed by atoms with Gasteiger partial charge in [-0.2, -0.15) is 5.10 Å². The monoisotopic (exact) mass is 349 g/mol. The zero-order valence-corrected chi connectivity index (χ0v) is 16.0. The smallest absolute Gasteiger partial charge is 0.111 e. The Kier molecular flexibility index (Phi) is 5.86. The highest BCUT2D eigenvalue weighted by molar-refractivity contribution is 5.38. The molecule has 1 heterocycles. The van der Waals surface area contributed by atoms with Gasteiger partial charge in [-0.3, -0.25) is 0 Å². The maximum atomic E-state index is 6.47. The second kappa shape index (κ2) is 8.30. The lowest BCUT2D eigenvalue weighted by molar-refractivity contribution is 0.00587. The summed E-state index contributed by atoms with van der Waals surface area (Å²) in [6.45, 7) is 5.09. The van der Waals surface area contributed by atoms with Crippen LogP contribution >= 0.6 is 0 Å². The molecule has 0 saturated carbocycles. The SMILES string of the molecule is Cc1c(C(OC(C)CN(C)C)c2ccccc2)cnn1-c1ccccc1. The molecule has 4 heteroatoms. The molecule has 0 saturated heterocycles. The lowest BCUT2D eigenvalue weighted by Gasteiger charge is -2.25. The van der Waals surface area contributed by atoms with Gasteiger partial charge in [0.15, 0.2) is 0 Å². The fourth-order valence-corrected chi connectivity index (χ4v) is 3.26. The van der Waals surface area contributed by atoms with Crippen molar-refractivity contribution in [2.75, 3.05) is 20.6 Å². The van der Waals surface area contributed by atoms with Crippen LogP contribution in [-0.2, 0) is 4.74 Å². The van der Waals surface area contributed by atoms with E-state index in [-0.39, 0.29) is 12.2 Å². The molecular weight excluding hydrogens is 322 g/mol. The molecule has 2 unspecified atom stereocenters. The summed E-state index contributed by atoms with van der Waals surface area (Å²) in [6, 6.07) is 20.6. The standard InChI is InChI=1S/C22H27N3O/c1-17(16-24(3)4)26-22(19-11-7-5-8-12-19)21-15-23-25(18(21)2)20-13-9-6-10-14-20/h5-15,17,22H,16H2,1-4H3. The lowest BCUT2D eigenvalue weighted by atomic mass is 10.0. The zero-order chi connectivity index (χ0) is 18.5. The maximum Gasteiger partial charge on any atom is 0.111 e. The normalized spacial score (nSPS) is 13.7. The summed E-state index contributed by atoms with van der Waals surface area (Å²) in [6.07, 6.45) is 1.90. The highest BCUT2D eigenvalue weighted by Gasteiger charge is 2.23. The van der Waals surface area contributed by atoms with E-state index in [1.54, 1.807) is 0 Å². The molecule has 3 aromatic rings. The Labute approximate surface area is 156 Å². The van der Waals surface area contributed by atoms with Crippen LogP contribution in [0.3, 0.4) is 0 Å². The second-order valence-corrected chi connectivity index (χ2v) is 6.93. The van der Waals surface area contributed by atoms with Crippen molar-refractivity contribution in [2.24, 2.45) is 0 Å². The second-order valence-electron chi connectivity index (χ2n) is 6.93. The van der Waals surface area contributed by atoms with Crippen LogP contribution in [0.4, 0.5) is 0 Å². The van der Waals surface area contributed by atoms with E-state index in [9.17, 15) is 0 Å². The number of rotatable bonds is 7. The summed E-state index contributed by atoms with van der Waals surface area (Å²) in [5.74, 6) is 0. The number of nitrogens with zero attached hydrogens (tertiary/aromatic N) is 3. The summed E-state index contributed by atoms with van der Waals surface area (Å²) < 4.78 is 8.45. The molecule has 2 aromatic carbocycles. The van der Waals surface area contributed by atoms with E-state index in [0.29, 0.717) is 0 Å². The van der Waals surface area contributed by atoms with Crippen molar-refractivity contribution in [1.29, 1.82) is 0 Å². The average molecular weight is 349 g/mol. The van der Waals surface area contributed by atoms with Crippen LogP contribution in [0.25, 0.3) is 5.69 Å². The predicted molar refractivity (Wildman–Crippen MR) is 106 cm³/mol. The van der Waals surface area contributed by atoms with E-state index in [4.69, 9.17) is 4.74 Å². The third kappa shape index (κ3) is 4.21. The topological polar surface area (TPSA) is 30.3 Å². The minimum atomic E-state index is -0.136. The molecule has 0 amide bonds. The number of hydrogen-bond acceptors (Lipinski definition) is 3. The van der Waals surface area contributed by atoms with Gasteiger partial charge in [-0.25, -0.2) is 4.68 Å². The molecule has 0 spiro atoms. The molecule has 0 aliphatic heterocycles. The third-order valence-corrected chi connectivity index (χ3v) is 4.42. The molecular formula is C22H27N3O. The van der Waals surface area contributed by atoms with Gasteiger partial charge < -0.3 is 9.64 Å². The predicted octanol–water partition coefficient (Wildman–Crippen LogP) is 4.24. The Morgan fingerprint density at radius 3 is 2.23 bits per heavy atom. The molecule has 4 nitrogen and oxygen atoms in total. The van der Waals surface area contributed by atoms with Crippen LogP contribution in [-0.4, -0.2) is 41.4 Å². The minimum Gasteiger partial charge on any atom is -0.364 e. The minimum absolute atomic E-state index is 0.106. The van der Waals surface area contributed by atoms with E-state index in [1.165, 1.54) is 0 Å². The van der Waals surface area contributed by atoms with Crippen LogP contribution in [0.15, 0.2) is 66.9 Å². The van der Waals surface area contributed by atoms with Crippen molar-refractivity contribution < 1.29 is 4.74 Å². The van der Waals surface area contributed by atoms with E-state index in [2.05, 4.69) is 74.3 Å². The molecule has 0 aliphatic rings. The summed E-state index contributed by atoms with van der Waals surface area (Å²) >= 11 is 0. The molecule has 0 fully saturated rings. The fourth-order valence-electron chi connectivity index (χ4n) is 3.26. The Morgan fingerprint density at radius 2 is 1.62 bits per heavy atom. The highest BCUT2D eigenvalue weighted by atomic mass is 16.5. The van der Waals surface area contributed by atoms with Crippen molar-refractivity contribution in [3.8, 4) is 5.69 Å². The summed E-state index contributed by atoms with van der Waals surface area (Å²) in [7, 11) is 4.13. The van der Waals surface area contributed by atoms with Crippen molar-refractivity contribution in [3.63, 3.8) is 0 Å². The quantitative estimate of drug-likeness (QED) is 0.639.